The molecule has 84 valence electrons. The van der Waals surface area contributed by atoms with E-state index in [2.05, 4.69) is 12.1 Å². The highest BCUT2D eigenvalue weighted by molar-refractivity contribution is 7.99. The van der Waals surface area contributed by atoms with Crippen molar-refractivity contribution in [3.05, 3.63) is 35.9 Å². The quantitative estimate of drug-likeness (QED) is 0.724. The minimum absolute atomic E-state index is 0.152. The van der Waals surface area contributed by atoms with Crippen molar-refractivity contribution in [1.82, 2.24) is 0 Å². The van der Waals surface area contributed by atoms with Gasteiger partial charge in [0.25, 0.3) is 0 Å². The minimum Gasteiger partial charge on any atom is -0.385 e. The van der Waals surface area contributed by atoms with Crippen molar-refractivity contribution in [3.63, 3.8) is 0 Å². The molecule has 3 heteroatoms. The third-order valence-electron chi connectivity index (χ3n) is 2.16. The van der Waals surface area contributed by atoms with Crippen LogP contribution >= 0.6 is 11.8 Å². The molecule has 0 aliphatic heterocycles. The fourth-order valence-electron chi connectivity index (χ4n) is 1.31. The molecule has 0 spiro atoms. The van der Waals surface area contributed by atoms with Gasteiger partial charge in [0.15, 0.2) is 0 Å². The summed E-state index contributed by atoms with van der Waals surface area (Å²) in [6.07, 6.45) is 1.10. The van der Waals surface area contributed by atoms with Crippen molar-refractivity contribution < 1.29 is 4.74 Å². The molecule has 2 nitrogen and oxygen atoms in total. The predicted molar refractivity (Wildman–Crippen MR) is 67.2 cm³/mol. The zero-order valence-electron chi connectivity index (χ0n) is 9.19. The van der Waals surface area contributed by atoms with Gasteiger partial charge >= 0.3 is 0 Å². The maximum atomic E-state index is 6.06. The van der Waals surface area contributed by atoms with Gasteiger partial charge in [-0.3, -0.25) is 0 Å². The summed E-state index contributed by atoms with van der Waals surface area (Å²) in [4.78, 5) is 0. The first-order valence-corrected chi connectivity index (χ1v) is 6.37. The fourth-order valence-corrected chi connectivity index (χ4v) is 2.25. The van der Waals surface area contributed by atoms with Crippen LogP contribution in [0.15, 0.2) is 30.3 Å². The Kier molecular flexibility index (Phi) is 6.48. The largest absolute Gasteiger partial charge is 0.385 e. The van der Waals surface area contributed by atoms with Gasteiger partial charge in [-0.25, -0.2) is 0 Å². The molecule has 1 rings (SSSR count). The zero-order chi connectivity index (χ0) is 10.9. The van der Waals surface area contributed by atoms with E-state index in [9.17, 15) is 0 Å². The summed E-state index contributed by atoms with van der Waals surface area (Å²) in [7, 11) is 1.74. The molecule has 1 aromatic rings. The smallest absolute Gasteiger partial charge is 0.0470 e. The van der Waals surface area contributed by atoms with E-state index in [-0.39, 0.29) is 6.04 Å². The lowest BCUT2D eigenvalue weighted by Gasteiger charge is -2.11. The molecule has 1 aromatic carbocycles. The Bertz CT molecular complexity index is 253. The maximum Gasteiger partial charge on any atom is 0.0470 e. The van der Waals surface area contributed by atoms with Crippen molar-refractivity contribution in [1.29, 1.82) is 0 Å². The highest BCUT2D eigenvalue weighted by Crippen LogP contribution is 2.15. The van der Waals surface area contributed by atoms with Gasteiger partial charge in [-0.1, -0.05) is 30.3 Å². The van der Waals surface area contributed by atoms with Crippen molar-refractivity contribution in [2.75, 3.05) is 25.2 Å². The second kappa shape index (κ2) is 7.74. The van der Waals surface area contributed by atoms with Gasteiger partial charge in [-0.05, 0) is 17.7 Å². The summed E-state index contributed by atoms with van der Waals surface area (Å²) < 4.78 is 4.99. The first kappa shape index (κ1) is 12.6. The van der Waals surface area contributed by atoms with E-state index < -0.39 is 0 Å². The minimum atomic E-state index is 0.152. The molecule has 2 N–H and O–H groups in total. The molecular weight excluding hydrogens is 206 g/mol. The van der Waals surface area contributed by atoms with E-state index >= 15 is 0 Å². The predicted octanol–water partition coefficient (Wildman–Crippen LogP) is 2.46. The number of ether oxygens (including phenoxy) is 1. The Hall–Kier alpha value is -0.510. The van der Waals surface area contributed by atoms with Gasteiger partial charge < -0.3 is 10.5 Å². The Morgan fingerprint density at radius 1 is 1.33 bits per heavy atom. The SMILES string of the molecule is COCCCSCC(N)c1ccccc1. The lowest BCUT2D eigenvalue weighted by Crippen LogP contribution is -2.13. The van der Waals surface area contributed by atoms with Gasteiger partial charge in [0.1, 0.15) is 0 Å². The summed E-state index contributed by atoms with van der Waals surface area (Å²) in [5.41, 5.74) is 7.28. The van der Waals surface area contributed by atoms with Crippen LogP contribution in [-0.4, -0.2) is 25.2 Å². The van der Waals surface area contributed by atoms with E-state index in [0.717, 1.165) is 24.5 Å². The molecule has 0 aliphatic carbocycles. The van der Waals surface area contributed by atoms with Gasteiger partial charge in [0.05, 0.1) is 0 Å². The lowest BCUT2D eigenvalue weighted by atomic mass is 10.1. The van der Waals surface area contributed by atoms with Crippen molar-refractivity contribution in [2.45, 2.75) is 12.5 Å². The van der Waals surface area contributed by atoms with Crippen LogP contribution in [0.4, 0.5) is 0 Å². The van der Waals surface area contributed by atoms with Crippen LogP contribution in [0, 0.1) is 0 Å². The standard InChI is InChI=1S/C12H19NOS/c1-14-8-5-9-15-10-12(13)11-6-3-2-4-7-11/h2-4,6-7,12H,5,8-10,13H2,1H3. The lowest BCUT2D eigenvalue weighted by molar-refractivity contribution is 0.200. The molecule has 1 atom stereocenters. The first-order chi connectivity index (χ1) is 7.34. The van der Waals surface area contributed by atoms with Crippen LogP contribution in [0.1, 0.15) is 18.0 Å². The molecule has 0 heterocycles. The third-order valence-corrected chi connectivity index (χ3v) is 3.33. The Morgan fingerprint density at radius 3 is 2.73 bits per heavy atom. The normalized spacial score (nSPS) is 12.7. The molecule has 0 saturated carbocycles. The highest BCUT2D eigenvalue weighted by Gasteiger charge is 2.04. The van der Waals surface area contributed by atoms with Gasteiger partial charge in [-0.15, -0.1) is 0 Å². The van der Waals surface area contributed by atoms with Crippen LogP contribution in [0.3, 0.4) is 0 Å². The zero-order valence-corrected chi connectivity index (χ0v) is 10.0. The number of hydrogen-bond donors (Lipinski definition) is 1. The second-order valence-electron chi connectivity index (χ2n) is 3.44. The number of thioether (sulfide) groups is 1. The number of nitrogens with two attached hydrogens (primary N) is 1. The molecular formula is C12H19NOS. The summed E-state index contributed by atoms with van der Waals surface area (Å²) in [5.74, 6) is 2.10. The molecule has 15 heavy (non-hydrogen) atoms. The average Bonchev–Trinajstić information content (AvgIpc) is 2.30. The number of methoxy groups -OCH3 is 1. The monoisotopic (exact) mass is 225 g/mol. The highest BCUT2D eigenvalue weighted by atomic mass is 32.2. The van der Waals surface area contributed by atoms with Crippen LogP contribution in [-0.2, 0) is 4.74 Å². The Labute approximate surface area is 96.2 Å². The van der Waals surface area contributed by atoms with E-state index in [1.165, 1.54) is 5.56 Å². The van der Waals surface area contributed by atoms with Gasteiger partial charge in [0.2, 0.25) is 0 Å². The molecule has 0 fully saturated rings. The van der Waals surface area contributed by atoms with Crippen LogP contribution in [0.5, 0.6) is 0 Å². The Morgan fingerprint density at radius 2 is 2.07 bits per heavy atom. The summed E-state index contributed by atoms with van der Waals surface area (Å²) in [5, 5.41) is 0. The van der Waals surface area contributed by atoms with E-state index in [1.807, 2.05) is 30.0 Å². The molecule has 0 saturated heterocycles. The fraction of sp³-hybridized carbons (Fsp3) is 0.500. The third kappa shape index (κ3) is 5.21. The number of rotatable bonds is 7. The Balaban J connectivity index is 2.16. The maximum absolute atomic E-state index is 6.06. The second-order valence-corrected chi connectivity index (χ2v) is 4.59. The number of hydrogen-bond acceptors (Lipinski definition) is 3. The molecule has 0 aliphatic rings. The van der Waals surface area contributed by atoms with Crippen molar-refractivity contribution in [3.8, 4) is 0 Å². The summed E-state index contributed by atoms with van der Waals surface area (Å²) >= 11 is 1.89. The average molecular weight is 225 g/mol. The molecule has 0 amide bonds. The summed E-state index contributed by atoms with van der Waals surface area (Å²) in [6.45, 7) is 0.841. The number of benzene rings is 1. The van der Waals surface area contributed by atoms with Gasteiger partial charge in [-0.2, -0.15) is 11.8 Å². The topological polar surface area (TPSA) is 35.2 Å². The molecule has 0 aromatic heterocycles. The van der Waals surface area contributed by atoms with Crippen LogP contribution in [0.2, 0.25) is 0 Å². The van der Waals surface area contributed by atoms with Crippen molar-refractivity contribution >= 4 is 11.8 Å². The van der Waals surface area contributed by atoms with Crippen LogP contribution < -0.4 is 5.73 Å². The van der Waals surface area contributed by atoms with Crippen LogP contribution in [0.25, 0.3) is 0 Å². The van der Waals surface area contributed by atoms with Gasteiger partial charge in [0, 0.05) is 25.5 Å². The van der Waals surface area contributed by atoms with E-state index in [0.29, 0.717) is 0 Å². The van der Waals surface area contributed by atoms with E-state index in [4.69, 9.17) is 10.5 Å². The first-order valence-electron chi connectivity index (χ1n) is 5.22. The molecule has 1 unspecified atom stereocenters. The van der Waals surface area contributed by atoms with E-state index in [1.54, 1.807) is 7.11 Å². The molecule has 0 bridgehead atoms. The molecule has 0 radical (unpaired) electrons. The summed E-state index contributed by atoms with van der Waals surface area (Å²) in [6, 6.07) is 10.4. The van der Waals surface area contributed by atoms with Crippen molar-refractivity contribution in [2.24, 2.45) is 5.73 Å².